The Morgan fingerprint density at radius 1 is 0.944 bits per heavy atom. The van der Waals surface area contributed by atoms with Crippen molar-refractivity contribution in [3.63, 3.8) is 0 Å². The van der Waals surface area contributed by atoms with Gasteiger partial charge in [-0.25, -0.2) is 0 Å². The van der Waals surface area contributed by atoms with E-state index in [2.05, 4.69) is 31.9 Å². The van der Waals surface area contributed by atoms with Crippen molar-refractivity contribution in [2.24, 2.45) is 0 Å². The van der Waals surface area contributed by atoms with Crippen LogP contribution in [-0.2, 0) is 6.18 Å². The molecule has 0 bridgehead atoms. The molecule has 0 fully saturated rings. The number of benzene rings is 3. The first-order valence-corrected chi connectivity index (χ1v) is 11.9. The molecule has 0 heterocycles. The quantitative estimate of drug-likeness (QED) is 0.274. The van der Waals surface area contributed by atoms with Crippen LogP contribution < -0.4 is 20.7 Å². The molecule has 0 radical (unpaired) electrons. The van der Waals surface area contributed by atoms with Gasteiger partial charge in [0.05, 0.1) is 17.7 Å². The van der Waals surface area contributed by atoms with Crippen LogP contribution in [-0.4, -0.2) is 23.5 Å². The molecule has 0 unspecified atom stereocenters. The van der Waals surface area contributed by atoms with Crippen LogP contribution in [0.5, 0.6) is 5.75 Å². The third-order valence-corrected chi connectivity index (χ3v) is 5.40. The van der Waals surface area contributed by atoms with Crippen molar-refractivity contribution in [1.82, 2.24) is 5.32 Å². The highest BCUT2D eigenvalue weighted by Crippen LogP contribution is 2.31. The van der Waals surface area contributed by atoms with Crippen molar-refractivity contribution in [2.75, 3.05) is 17.2 Å². The largest absolute Gasteiger partial charge is 0.493 e. The lowest BCUT2D eigenvalue weighted by molar-refractivity contribution is -0.137. The number of carbonyl (C=O) groups is 2. The summed E-state index contributed by atoms with van der Waals surface area (Å²) in [5, 5.41) is 7.83. The molecule has 6 nitrogen and oxygen atoms in total. The topological polar surface area (TPSA) is 79.5 Å². The number of halogens is 4. The number of alkyl halides is 3. The van der Waals surface area contributed by atoms with E-state index < -0.39 is 23.6 Å². The minimum absolute atomic E-state index is 0.00564. The Morgan fingerprint density at radius 3 is 2.33 bits per heavy atom. The van der Waals surface area contributed by atoms with E-state index >= 15 is 0 Å². The summed E-state index contributed by atoms with van der Waals surface area (Å²) < 4.78 is 45.1. The van der Waals surface area contributed by atoms with E-state index in [9.17, 15) is 22.8 Å². The standard InChI is InChI=1S/C25H21BrF3N3O3S/c1-2-11-35-21-10-9-17(26)14-20(21)23(34)32-24(36)31-18-7-3-5-15(12-18)22(33)30-19-8-4-6-16(13-19)25(27,28)29/h3-10,12-14H,2,11H2,1H3,(H,30,33)(H2,31,32,34,36). The summed E-state index contributed by atoms with van der Waals surface area (Å²) in [6.45, 7) is 2.39. The molecule has 3 N–H and O–H groups in total. The van der Waals surface area contributed by atoms with E-state index in [0.717, 1.165) is 18.6 Å². The molecule has 0 atom stereocenters. The normalized spacial score (nSPS) is 10.9. The Balaban J connectivity index is 1.67. The number of rotatable bonds is 7. The number of nitrogens with one attached hydrogen (secondary N) is 3. The molecular formula is C25H21BrF3N3O3S. The summed E-state index contributed by atoms with van der Waals surface area (Å²) in [5.74, 6) is -0.688. The third-order valence-electron chi connectivity index (χ3n) is 4.71. The molecule has 11 heteroatoms. The van der Waals surface area contributed by atoms with Crippen molar-refractivity contribution in [3.05, 3.63) is 87.9 Å². The lowest BCUT2D eigenvalue weighted by Gasteiger charge is -2.14. The molecule has 0 spiro atoms. The number of ether oxygens (including phenoxy) is 1. The molecule has 36 heavy (non-hydrogen) atoms. The van der Waals surface area contributed by atoms with E-state index in [4.69, 9.17) is 17.0 Å². The van der Waals surface area contributed by atoms with Crippen LogP contribution >= 0.6 is 28.1 Å². The van der Waals surface area contributed by atoms with Crippen molar-refractivity contribution in [2.45, 2.75) is 19.5 Å². The lowest BCUT2D eigenvalue weighted by atomic mass is 10.1. The summed E-state index contributed by atoms with van der Waals surface area (Å²) in [6, 6.07) is 15.5. The molecule has 0 aliphatic rings. The van der Waals surface area contributed by atoms with Gasteiger partial charge >= 0.3 is 6.18 Å². The third kappa shape index (κ3) is 7.53. The summed E-state index contributed by atoms with van der Waals surface area (Å²) in [4.78, 5) is 25.4. The first-order valence-electron chi connectivity index (χ1n) is 10.7. The summed E-state index contributed by atoms with van der Waals surface area (Å²) in [6.07, 6.45) is -3.75. The minimum atomic E-state index is -4.52. The van der Waals surface area contributed by atoms with Gasteiger partial charge in [-0.3, -0.25) is 14.9 Å². The lowest BCUT2D eigenvalue weighted by Crippen LogP contribution is -2.34. The van der Waals surface area contributed by atoms with Gasteiger partial charge in [0.15, 0.2) is 5.11 Å². The van der Waals surface area contributed by atoms with Crippen molar-refractivity contribution < 1.29 is 27.5 Å². The van der Waals surface area contributed by atoms with E-state index in [1.165, 1.54) is 24.3 Å². The fraction of sp³-hybridized carbons (Fsp3) is 0.160. The van der Waals surface area contributed by atoms with Crippen molar-refractivity contribution in [3.8, 4) is 5.75 Å². The highest BCUT2D eigenvalue weighted by Gasteiger charge is 2.30. The number of thiocarbonyl (C=S) groups is 1. The van der Waals surface area contributed by atoms with Gasteiger partial charge in [-0.1, -0.05) is 35.0 Å². The van der Waals surface area contributed by atoms with Crippen LogP contribution in [0.3, 0.4) is 0 Å². The second-order valence-corrected chi connectivity index (χ2v) is 8.83. The molecule has 0 aromatic heterocycles. The number of carbonyl (C=O) groups excluding carboxylic acids is 2. The first-order chi connectivity index (χ1) is 17.1. The van der Waals surface area contributed by atoms with E-state index in [-0.39, 0.29) is 21.9 Å². The predicted octanol–water partition coefficient (Wildman–Crippen LogP) is 6.64. The van der Waals surface area contributed by atoms with Crippen LogP contribution in [0.4, 0.5) is 24.5 Å². The molecule has 0 aliphatic carbocycles. The molecule has 0 saturated carbocycles. The van der Waals surface area contributed by atoms with E-state index in [0.29, 0.717) is 22.5 Å². The van der Waals surface area contributed by atoms with Gasteiger partial charge in [0.25, 0.3) is 11.8 Å². The number of hydrogen-bond acceptors (Lipinski definition) is 4. The first kappa shape index (κ1) is 27.2. The Kier molecular flexibility index (Phi) is 9.05. The molecular weight excluding hydrogens is 559 g/mol. The van der Waals surface area contributed by atoms with Gasteiger partial charge in [-0.05, 0) is 73.2 Å². The van der Waals surface area contributed by atoms with Gasteiger partial charge in [0.2, 0.25) is 0 Å². The second kappa shape index (κ2) is 12.0. The number of amides is 2. The molecule has 3 aromatic carbocycles. The van der Waals surface area contributed by atoms with E-state index in [1.807, 2.05) is 6.92 Å². The van der Waals surface area contributed by atoms with Crippen LogP contribution in [0.25, 0.3) is 0 Å². The highest BCUT2D eigenvalue weighted by atomic mass is 79.9. The monoisotopic (exact) mass is 579 g/mol. The Bertz CT molecular complexity index is 1280. The van der Waals surface area contributed by atoms with Gasteiger partial charge in [0, 0.05) is 21.4 Å². The molecule has 188 valence electrons. The Hall–Kier alpha value is -3.44. The molecule has 2 amide bonds. The maximum atomic E-state index is 12.9. The average Bonchev–Trinajstić information content (AvgIpc) is 2.83. The van der Waals surface area contributed by atoms with Crippen LogP contribution in [0.15, 0.2) is 71.2 Å². The Morgan fingerprint density at radius 2 is 1.64 bits per heavy atom. The fourth-order valence-electron chi connectivity index (χ4n) is 3.07. The molecule has 3 aromatic rings. The van der Waals surface area contributed by atoms with Crippen LogP contribution in [0, 0.1) is 0 Å². The van der Waals surface area contributed by atoms with Crippen molar-refractivity contribution >= 4 is 56.4 Å². The molecule has 0 aliphatic heterocycles. The zero-order valence-corrected chi connectivity index (χ0v) is 21.3. The average molecular weight is 580 g/mol. The second-order valence-electron chi connectivity index (χ2n) is 7.51. The number of anilines is 2. The maximum absolute atomic E-state index is 12.9. The zero-order chi connectivity index (χ0) is 26.3. The zero-order valence-electron chi connectivity index (χ0n) is 18.9. The van der Waals surface area contributed by atoms with Gasteiger partial charge in [-0.2, -0.15) is 13.2 Å². The van der Waals surface area contributed by atoms with E-state index in [1.54, 1.807) is 30.3 Å². The van der Waals surface area contributed by atoms with Crippen LogP contribution in [0.2, 0.25) is 0 Å². The molecule has 0 saturated heterocycles. The smallest absolute Gasteiger partial charge is 0.416 e. The minimum Gasteiger partial charge on any atom is -0.493 e. The van der Waals surface area contributed by atoms with Gasteiger partial charge in [-0.15, -0.1) is 0 Å². The van der Waals surface area contributed by atoms with Crippen molar-refractivity contribution in [1.29, 1.82) is 0 Å². The SMILES string of the molecule is CCCOc1ccc(Br)cc1C(=O)NC(=S)Nc1cccc(C(=O)Nc2cccc(C(F)(F)F)c2)c1. The highest BCUT2D eigenvalue weighted by molar-refractivity contribution is 9.10. The Labute approximate surface area is 219 Å². The predicted molar refractivity (Wildman–Crippen MR) is 139 cm³/mol. The van der Waals surface area contributed by atoms with Gasteiger partial charge in [0.1, 0.15) is 5.75 Å². The molecule has 3 rings (SSSR count). The summed E-state index contributed by atoms with van der Waals surface area (Å²) in [7, 11) is 0. The number of hydrogen-bond donors (Lipinski definition) is 3. The maximum Gasteiger partial charge on any atom is 0.416 e. The summed E-state index contributed by atoms with van der Waals surface area (Å²) in [5.41, 5.74) is -0.00439. The summed E-state index contributed by atoms with van der Waals surface area (Å²) >= 11 is 8.57. The van der Waals surface area contributed by atoms with Crippen LogP contribution in [0.1, 0.15) is 39.6 Å². The fourth-order valence-corrected chi connectivity index (χ4v) is 3.64. The van der Waals surface area contributed by atoms with Gasteiger partial charge < -0.3 is 15.4 Å².